The van der Waals surface area contributed by atoms with Crippen LogP contribution in [0.4, 0.5) is 0 Å². The smallest absolute Gasteiger partial charge is 0.236 e. The van der Waals surface area contributed by atoms with E-state index in [9.17, 15) is 4.79 Å². The van der Waals surface area contributed by atoms with Crippen LogP contribution in [0.2, 0.25) is 0 Å². The Labute approximate surface area is 127 Å². The highest BCUT2D eigenvalue weighted by Crippen LogP contribution is 2.12. The second-order valence-corrected chi connectivity index (χ2v) is 5.49. The zero-order chi connectivity index (χ0) is 15.7. The van der Waals surface area contributed by atoms with Crippen molar-refractivity contribution < 1.29 is 9.53 Å². The van der Waals surface area contributed by atoms with Gasteiger partial charge in [0.15, 0.2) is 0 Å². The average molecular weight is 290 g/mol. The molecule has 0 saturated carbocycles. The minimum atomic E-state index is -0.208. The van der Waals surface area contributed by atoms with Crippen LogP contribution >= 0.6 is 0 Å². The van der Waals surface area contributed by atoms with Crippen molar-refractivity contribution in [2.45, 2.75) is 33.4 Å². The molecule has 0 bridgehead atoms. The maximum atomic E-state index is 11.8. The van der Waals surface area contributed by atoms with E-state index in [0.717, 1.165) is 11.3 Å². The lowest BCUT2D eigenvalue weighted by Gasteiger charge is -2.15. The van der Waals surface area contributed by atoms with Crippen LogP contribution < -0.4 is 15.4 Å². The second-order valence-electron chi connectivity index (χ2n) is 5.49. The predicted molar refractivity (Wildman–Crippen MR) is 86.3 cm³/mol. The third-order valence-electron chi connectivity index (χ3n) is 2.98. The van der Waals surface area contributed by atoms with Crippen LogP contribution in [0.25, 0.3) is 0 Å². The summed E-state index contributed by atoms with van der Waals surface area (Å²) in [7, 11) is 0. The van der Waals surface area contributed by atoms with E-state index < -0.39 is 0 Å². The third-order valence-corrected chi connectivity index (χ3v) is 2.98. The normalized spacial score (nSPS) is 12.0. The van der Waals surface area contributed by atoms with Crippen molar-refractivity contribution in [3.8, 4) is 5.75 Å². The maximum absolute atomic E-state index is 11.8. The average Bonchev–Trinajstić information content (AvgIpc) is 2.49. The molecule has 0 aliphatic carbocycles. The molecule has 0 aliphatic rings. The molecule has 4 nitrogen and oxygen atoms in total. The van der Waals surface area contributed by atoms with E-state index in [-0.39, 0.29) is 11.9 Å². The number of carbonyl (C=O) groups is 1. The summed E-state index contributed by atoms with van der Waals surface area (Å²) in [6, 6.07) is 7.61. The number of hydrogen-bond donors (Lipinski definition) is 2. The summed E-state index contributed by atoms with van der Waals surface area (Å²) in [5, 5.41) is 6.14. The Balaban J connectivity index is 2.36. The van der Waals surface area contributed by atoms with Crippen molar-refractivity contribution in [3.05, 3.63) is 42.5 Å². The summed E-state index contributed by atoms with van der Waals surface area (Å²) < 4.78 is 5.43. The standard InChI is InChI=1S/C17H26N2O2/c1-5-10-21-16-8-6-15(7-9-16)12-18-14(4)17(20)19-11-13(2)3/h5-9,13-14,18H,1,10-12H2,2-4H3,(H,19,20). The van der Waals surface area contributed by atoms with Gasteiger partial charge in [0, 0.05) is 13.1 Å². The first-order valence-electron chi connectivity index (χ1n) is 7.36. The number of carbonyl (C=O) groups excluding carboxylic acids is 1. The van der Waals surface area contributed by atoms with Gasteiger partial charge in [-0.05, 0) is 30.5 Å². The fraction of sp³-hybridized carbons (Fsp3) is 0.471. The van der Waals surface area contributed by atoms with Crippen LogP contribution in [-0.4, -0.2) is 25.1 Å². The van der Waals surface area contributed by atoms with E-state index in [4.69, 9.17) is 4.74 Å². The lowest BCUT2D eigenvalue weighted by molar-refractivity contribution is -0.122. The van der Waals surface area contributed by atoms with Crippen LogP contribution in [0, 0.1) is 5.92 Å². The first kappa shape index (κ1) is 17.2. The SMILES string of the molecule is C=CCOc1ccc(CNC(C)C(=O)NCC(C)C)cc1. The highest BCUT2D eigenvalue weighted by molar-refractivity contribution is 5.81. The maximum Gasteiger partial charge on any atom is 0.236 e. The Kier molecular flexibility index (Phi) is 7.54. The molecule has 21 heavy (non-hydrogen) atoms. The van der Waals surface area contributed by atoms with Crippen molar-refractivity contribution in [1.82, 2.24) is 10.6 Å². The number of ether oxygens (including phenoxy) is 1. The van der Waals surface area contributed by atoms with Crippen molar-refractivity contribution in [2.24, 2.45) is 5.92 Å². The quantitative estimate of drug-likeness (QED) is 0.687. The van der Waals surface area contributed by atoms with Gasteiger partial charge < -0.3 is 15.4 Å². The molecule has 0 aliphatic heterocycles. The molecular weight excluding hydrogens is 264 g/mol. The molecule has 1 amide bonds. The third kappa shape index (κ3) is 6.95. The first-order valence-corrected chi connectivity index (χ1v) is 7.36. The Hall–Kier alpha value is -1.81. The topological polar surface area (TPSA) is 50.4 Å². The molecule has 1 atom stereocenters. The van der Waals surface area contributed by atoms with Crippen molar-refractivity contribution >= 4 is 5.91 Å². The van der Waals surface area contributed by atoms with Crippen molar-refractivity contribution in [1.29, 1.82) is 0 Å². The van der Waals surface area contributed by atoms with Gasteiger partial charge in [0.1, 0.15) is 12.4 Å². The molecule has 0 spiro atoms. The molecule has 1 rings (SSSR count). The lowest BCUT2D eigenvalue weighted by atomic mass is 10.2. The fourth-order valence-corrected chi connectivity index (χ4v) is 1.68. The molecule has 0 heterocycles. The van der Waals surface area contributed by atoms with Gasteiger partial charge in [-0.2, -0.15) is 0 Å². The minimum Gasteiger partial charge on any atom is -0.490 e. The van der Waals surface area contributed by atoms with E-state index in [2.05, 4.69) is 31.1 Å². The van der Waals surface area contributed by atoms with E-state index in [1.165, 1.54) is 0 Å². The van der Waals surface area contributed by atoms with Gasteiger partial charge >= 0.3 is 0 Å². The molecule has 2 N–H and O–H groups in total. The molecule has 0 fully saturated rings. The molecule has 1 unspecified atom stereocenters. The zero-order valence-corrected chi connectivity index (χ0v) is 13.2. The van der Waals surface area contributed by atoms with Crippen LogP contribution in [0.5, 0.6) is 5.75 Å². The largest absolute Gasteiger partial charge is 0.490 e. The number of hydrogen-bond acceptors (Lipinski definition) is 3. The molecule has 0 aromatic heterocycles. The Morgan fingerprint density at radius 3 is 2.52 bits per heavy atom. The summed E-state index contributed by atoms with van der Waals surface area (Å²) in [6.45, 7) is 11.5. The summed E-state index contributed by atoms with van der Waals surface area (Å²) in [4.78, 5) is 11.8. The number of nitrogens with one attached hydrogen (secondary N) is 2. The van der Waals surface area contributed by atoms with Crippen LogP contribution in [0.15, 0.2) is 36.9 Å². The van der Waals surface area contributed by atoms with Gasteiger partial charge in [-0.3, -0.25) is 4.79 Å². The summed E-state index contributed by atoms with van der Waals surface area (Å²) in [5.41, 5.74) is 1.12. The molecule has 1 aromatic rings. The second kappa shape index (κ2) is 9.19. The molecule has 0 saturated heterocycles. The van der Waals surface area contributed by atoms with Gasteiger partial charge in [0.05, 0.1) is 6.04 Å². The van der Waals surface area contributed by atoms with E-state index in [1.807, 2.05) is 31.2 Å². The molecule has 4 heteroatoms. The number of benzene rings is 1. The highest BCUT2D eigenvalue weighted by Gasteiger charge is 2.11. The monoisotopic (exact) mass is 290 g/mol. The van der Waals surface area contributed by atoms with E-state index in [0.29, 0.717) is 25.6 Å². The summed E-state index contributed by atoms with van der Waals surface area (Å²) in [5.74, 6) is 1.32. The minimum absolute atomic E-state index is 0.0367. The van der Waals surface area contributed by atoms with Crippen molar-refractivity contribution in [2.75, 3.05) is 13.2 Å². The molecule has 1 aromatic carbocycles. The van der Waals surface area contributed by atoms with Crippen LogP contribution in [0.1, 0.15) is 26.3 Å². The molecular formula is C17H26N2O2. The number of amides is 1. The first-order chi connectivity index (χ1) is 10.0. The molecule has 116 valence electrons. The summed E-state index contributed by atoms with van der Waals surface area (Å²) in [6.07, 6.45) is 1.72. The lowest BCUT2D eigenvalue weighted by Crippen LogP contribution is -2.42. The highest BCUT2D eigenvalue weighted by atomic mass is 16.5. The molecule has 0 radical (unpaired) electrons. The Morgan fingerprint density at radius 1 is 1.29 bits per heavy atom. The zero-order valence-electron chi connectivity index (χ0n) is 13.2. The van der Waals surface area contributed by atoms with Crippen LogP contribution in [0.3, 0.4) is 0 Å². The van der Waals surface area contributed by atoms with Crippen molar-refractivity contribution in [3.63, 3.8) is 0 Å². The predicted octanol–water partition coefficient (Wildman–Crippen LogP) is 2.50. The van der Waals surface area contributed by atoms with Gasteiger partial charge in [-0.1, -0.05) is 38.6 Å². The van der Waals surface area contributed by atoms with Gasteiger partial charge in [0.25, 0.3) is 0 Å². The Morgan fingerprint density at radius 2 is 1.95 bits per heavy atom. The summed E-state index contributed by atoms with van der Waals surface area (Å²) >= 11 is 0. The van der Waals surface area contributed by atoms with Gasteiger partial charge in [0.2, 0.25) is 5.91 Å². The van der Waals surface area contributed by atoms with E-state index in [1.54, 1.807) is 6.08 Å². The number of rotatable bonds is 9. The van der Waals surface area contributed by atoms with E-state index >= 15 is 0 Å². The van der Waals surface area contributed by atoms with Gasteiger partial charge in [-0.25, -0.2) is 0 Å². The van der Waals surface area contributed by atoms with Crippen LogP contribution in [-0.2, 0) is 11.3 Å². The Bertz CT molecular complexity index is 441. The van der Waals surface area contributed by atoms with Gasteiger partial charge in [-0.15, -0.1) is 0 Å². The fourth-order valence-electron chi connectivity index (χ4n) is 1.68.